The van der Waals surface area contributed by atoms with Crippen LogP contribution in [0.3, 0.4) is 0 Å². The number of ether oxygens (including phenoxy) is 1. The predicted octanol–water partition coefficient (Wildman–Crippen LogP) is 3.02. The first-order valence-corrected chi connectivity index (χ1v) is 12.9. The summed E-state index contributed by atoms with van der Waals surface area (Å²) in [4.78, 5) is 40.9. The molecule has 0 fully saturated rings. The van der Waals surface area contributed by atoms with Crippen molar-refractivity contribution in [3.05, 3.63) is 127 Å². The molecular formula is C30H25N3O4S. The molecule has 7 nitrogen and oxygen atoms in total. The SMILES string of the molecule is CCOC(=O)C1=C(N)n2c(s/c(=C/c3ccccc3)c2=O)=C(C(=O)Nc2ccccc2)C1c1ccccc1. The second-order valence-corrected chi connectivity index (χ2v) is 9.59. The predicted molar refractivity (Wildman–Crippen MR) is 150 cm³/mol. The number of para-hydroxylation sites is 1. The molecule has 38 heavy (non-hydrogen) atoms. The highest BCUT2D eigenvalue weighted by Gasteiger charge is 2.39. The fraction of sp³-hybridized carbons (Fsp3) is 0.100. The third-order valence-corrected chi connectivity index (χ3v) is 7.26. The molecule has 1 amide bonds. The third kappa shape index (κ3) is 4.69. The van der Waals surface area contributed by atoms with Gasteiger partial charge < -0.3 is 15.8 Å². The van der Waals surface area contributed by atoms with Crippen molar-refractivity contribution in [1.82, 2.24) is 4.57 Å². The average molecular weight is 524 g/mol. The zero-order valence-corrected chi connectivity index (χ0v) is 21.4. The van der Waals surface area contributed by atoms with Gasteiger partial charge in [-0.2, -0.15) is 0 Å². The molecule has 1 atom stereocenters. The minimum absolute atomic E-state index is 0.0440. The lowest BCUT2D eigenvalue weighted by Gasteiger charge is -2.27. The topological polar surface area (TPSA) is 103 Å². The molecule has 1 aromatic heterocycles. The number of nitrogens with two attached hydrogens (primary N) is 1. The molecule has 3 aromatic carbocycles. The van der Waals surface area contributed by atoms with E-state index in [1.165, 1.54) is 4.57 Å². The van der Waals surface area contributed by atoms with E-state index in [9.17, 15) is 14.4 Å². The van der Waals surface area contributed by atoms with E-state index in [1.54, 1.807) is 25.1 Å². The van der Waals surface area contributed by atoms with E-state index < -0.39 is 23.4 Å². The highest BCUT2D eigenvalue weighted by Crippen LogP contribution is 2.37. The number of nitrogens with zero attached hydrogens (tertiary/aromatic N) is 1. The number of nitrogens with one attached hydrogen (secondary N) is 1. The first kappa shape index (κ1) is 25.0. The van der Waals surface area contributed by atoms with Crippen LogP contribution in [-0.4, -0.2) is 23.1 Å². The number of carbonyl (C=O) groups excluding carboxylic acids is 2. The Bertz CT molecular complexity index is 1710. The summed E-state index contributed by atoms with van der Waals surface area (Å²) in [6.45, 7) is 1.80. The second kappa shape index (κ2) is 10.7. The number of thiazole rings is 1. The minimum atomic E-state index is -0.846. The second-order valence-electron chi connectivity index (χ2n) is 8.56. The summed E-state index contributed by atoms with van der Waals surface area (Å²) in [5.41, 5.74) is 8.53. The maximum Gasteiger partial charge on any atom is 0.338 e. The van der Waals surface area contributed by atoms with Crippen molar-refractivity contribution < 1.29 is 14.3 Å². The summed E-state index contributed by atoms with van der Waals surface area (Å²) in [6.07, 6.45) is 1.75. The van der Waals surface area contributed by atoms with Gasteiger partial charge in [0.05, 0.1) is 28.2 Å². The summed E-state index contributed by atoms with van der Waals surface area (Å²) in [7, 11) is 0. The van der Waals surface area contributed by atoms with Crippen LogP contribution in [0.25, 0.3) is 17.5 Å². The molecule has 0 radical (unpaired) electrons. The molecule has 3 N–H and O–H groups in total. The summed E-state index contributed by atoms with van der Waals surface area (Å²) in [6, 6.07) is 27.6. The number of hydrogen-bond acceptors (Lipinski definition) is 6. The van der Waals surface area contributed by atoms with Gasteiger partial charge in [-0.25, -0.2) is 4.79 Å². The number of fused-ring (bicyclic) bond motifs is 1. The lowest BCUT2D eigenvalue weighted by molar-refractivity contribution is -0.138. The van der Waals surface area contributed by atoms with Crippen LogP contribution in [0.2, 0.25) is 0 Å². The molecule has 0 spiro atoms. The molecule has 0 aliphatic carbocycles. The number of anilines is 1. The standard InChI is InChI=1S/C30H25N3O4S/c1-2-37-30(36)24-23(20-14-8-4-9-15-20)25(27(34)32-21-16-10-5-11-17-21)29-33(26(24)31)28(35)22(38-29)18-19-12-6-3-7-13-19/h3-18,23H,2,31H2,1H3,(H,32,34)/b22-18+. The van der Waals surface area contributed by atoms with E-state index in [4.69, 9.17) is 10.5 Å². The first-order chi connectivity index (χ1) is 18.5. The molecule has 1 unspecified atom stereocenters. The fourth-order valence-electron chi connectivity index (χ4n) is 4.48. The number of aromatic nitrogens is 1. The Hall–Kier alpha value is -4.69. The van der Waals surface area contributed by atoms with E-state index >= 15 is 0 Å². The molecule has 0 saturated carbocycles. The summed E-state index contributed by atoms with van der Waals surface area (Å²) in [5, 5.41) is 2.93. The molecule has 1 aliphatic heterocycles. The van der Waals surface area contributed by atoms with Crippen molar-refractivity contribution in [2.45, 2.75) is 12.8 Å². The normalized spacial score (nSPS) is 15.2. The zero-order valence-electron chi connectivity index (χ0n) is 20.6. The molecule has 0 bridgehead atoms. The maximum atomic E-state index is 13.9. The number of carbonyl (C=O) groups is 2. The fourth-order valence-corrected chi connectivity index (χ4v) is 5.65. The Kier molecular flexibility index (Phi) is 7.06. The van der Waals surface area contributed by atoms with Crippen LogP contribution in [0.4, 0.5) is 5.69 Å². The van der Waals surface area contributed by atoms with Gasteiger partial charge in [-0.05, 0) is 36.3 Å². The van der Waals surface area contributed by atoms with Crippen LogP contribution >= 0.6 is 11.3 Å². The van der Waals surface area contributed by atoms with Gasteiger partial charge in [0.25, 0.3) is 11.5 Å². The Morgan fingerprint density at radius 1 is 0.947 bits per heavy atom. The van der Waals surface area contributed by atoms with E-state index in [0.29, 0.717) is 20.4 Å². The van der Waals surface area contributed by atoms with Crippen molar-refractivity contribution in [1.29, 1.82) is 0 Å². The van der Waals surface area contributed by atoms with Gasteiger partial charge in [-0.3, -0.25) is 14.2 Å². The van der Waals surface area contributed by atoms with Gasteiger partial charge in [-0.15, -0.1) is 11.3 Å². The zero-order chi connectivity index (χ0) is 26.6. The number of esters is 1. The number of amides is 1. The Morgan fingerprint density at radius 2 is 1.55 bits per heavy atom. The van der Waals surface area contributed by atoms with Crippen LogP contribution in [0.5, 0.6) is 0 Å². The molecule has 1 aliphatic rings. The van der Waals surface area contributed by atoms with Gasteiger partial charge in [0.1, 0.15) is 10.5 Å². The highest BCUT2D eigenvalue weighted by molar-refractivity contribution is 7.07. The summed E-state index contributed by atoms with van der Waals surface area (Å²) < 4.78 is 7.37. The minimum Gasteiger partial charge on any atom is -0.463 e. The van der Waals surface area contributed by atoms with Crippen molar-refractivity contribution in [2.75, 3.05) is 11.9 Å². The van der Waals surface area contributed by atoms with Crippen molar-refractivity contribution in [3.8, 4) is 0 Å². The maximum absolute atomic E-state index is 13.9. The number of benzene rings is 3. The summed E-state index contributed by atoms with van der Waals surface area (Å²) in [5.74, 6) is -2.01. The van der Waals surface area contributed by atoms with Gasteiger partial charge in [-0.1, -0.05) is 78.9 Å². The largest absolute Gasteiger partial charge is 0.463 e. The lowest BCUT2D eigenvalue weighted by atomic mass is 9.82. The molecule has 4 aromatic rings. The Morgan fingerprint density at radius 3 is 2.18 bits per heavy atom. The first-order valence-electron chi connectivity index (χ1n) is 12.1. The van der Waals surface area contributed by atoms with Crippen LogP contribution < -0.4 is 25.8 Å². The van der Waals surface area contributed by atoms with Gasteiger partial charge in [0.15, 0.2) is 0 Å². The van der Waals surface area contributed by atoms with Crippen LogP contribution in [0.1, 0.15) is 24.0 Å². The highest BCUT2D eigenvalue weighted by atomic mass is 32.1. The molecule has 2 heterocycles. The smallest absolute Gasteiger partial charge is 0.338 e. The number of rotatable bonds is 6. The van der Waals surface area contributed by atoms with E-state index in [2.05, 4.69) is 5.32 Å². The van der Waals surface area contributed by atoms with Gasteiger partial charge in [0.2, 0.25) is 0 Å². The average Bonchev–Trinajstić information content (AvgIpc) is 3.25. The summed E-state index contributed by atoms with van der Waals surface area (Å²) >= 11 is 1.16. The molecule has 8 heteroatoms. The third-order valence-electron chi connectivity index (χ3n) is 6.15. The van der Waals surface area contributed by atoms with Crippen molar-refractivity contribution >= 4 is 46.4 Å². The molecule has 0 saturated heterocycles. The van der Waals surface area contributed by atoms with Crippen molar-refractivity contribution in [3.63, 3.8) is 0 Å². The Labute approximate surface area is 222 Å². The Balaban J connectivity index is 1.84. The molecular weight excluding hydrogens is 498 g/mol. The van der Waals surface area contributed by atoms with Crippen LogP contribution in [-0.2, 0) is 14.3 Å². The monoisotopic (exact) mass is 523 g/mol. The molecule has 190 valence electrons. The lowest BCUT2D eigenvalue weighted by Crippen LogP contribution is -2.42. The van der Waals surface area contributed by atoms with Crippen LogP contribution in [0, 0.1) is 0 Å². The van der Waals surface area contributed by atoms with E-state index in [-0.39, 0.29) is 23.6 Å². The van der Waals surface area contributed by atoms with E-state index in [1.807, 2.05) is 78.9 Å². The quantitative estimate of drug-likeness (QED) is 0.378. The number of hydrogen-bond donors (Lipinski definition) is 2. The van der Waals surface area contributed by atoms with Gasteiger partial charge >= 0.3 is 5.97 Å². The van der Waals surface area contributed by atoms with Crippen molar-refractivity contribution in [2.24, 2.45) is 5.73 Å². The van der Waals surface area contributed by atoms with Gasteiger partial charge in [0, 0.05) is 5.69 Å². The van der Waals surface area contributed by atoms with E-state index in [0.717, 1.165) is 16.9 Å². The van der Waals surface area contributed by atoms with Crippen LogP contribution in [0.15, 0.2) is 101 Å². The molecule has 5 rings (SSSR count).